The van der Waals surface area contributed by atoms with E-state index < -0.39 is 0 Å². The van der Waals surface area contributed by atoms with E-state index in [0.717, 1.165) is 10.7 Å². The van der Waals surface area contributed by atoms with Gasteiger partial charge in [-0.3, -0.25) is 4.79 Å². The Balaban J connectivity index is 2.14. The van der Waals surface area contributed by atoms with E-state index in [9.17, 15) is 4.79 Å². The molecule has 0 bridgehead atoms. The highest BCUT2D eigenvalue weighted by molar-refractivity contribution is 7.99. The Bertz CT molecular complexity index is 618. The van der Waals surface area contributed by atoms with Crippen molar-refractivity contribution in [2.45, 2.75) is 11.4 Å². The molecule has 2 aromatic rings. The second-order valence-corrected chi connectivity index (χ2v) is 5.16. The highest BCUT2D eigenvalue weighted by Crippen LogP contribution is 2.23. The molecule has 0 atom stereocenters. The fourth-order valence-electron chi connectivity index (χ4n) is 1.77. The lowest BCUT2D eigenvalue weighted by molar-refractivity contribution is 0.0778. The zero-order valence-corrected chi connectivity index (χ0v) is 11.9. The average molecular weight is 286 g/mol. The van der Waals surface area contributed by atoms with Crippen LogP contribution in [0.2, 0.25) is 0 Å². The van der Waals surface area contributed by atoms with Gasteiger partial charge in [-0.1, -0.05) is 12.1 Å². The van der Waals surface area contributed by atoms with Crippen LogP contribution in [0.15, 0.2) is 41.6 Å². The van der Waals surface area contributed by atoms with Crippen LogP contribution in [-0.4, -0.2) is 33.6 Å². The summed E-state index contributed by atoms with van der Waals surface area (Å²) >= 11 is 1.37. The molecule has 1 heterocycles. The van der Waals surface area contributed by atoms with Crippen molar-refractivity contribution in [2.75, 3.05) is 12.8 Å². The van der Waals surface area contributed by atoms with Crippen molar-refractivity contribution >= 4 is 17.7 Å². The molecule has 5 nitrogen and oxygen atoms in total. The number of thioether (sulfide) groups is 1. The van der Waals surface area contributed by atoms with Crippen LogP contribution < -0.4 is 0 Å². The topological polar surface area (TPSA) is 72.8 Å². The minimum atomic E-state index is -0.0811. The molecule has 0 aliphatic rings. The number of rotatable bonds is 5. The number of H-pyrrole nitrogens is 1. The van der Waals surface area contributed by atoms with Crippen LogP contribution in [0.5, 0.6) is 0 Å². The van der Waals surface area contributed by atoms with E-state index in [4.69, 9.17) is 5.26 Å². The minimum absolute atomic E-state index is 0.0811. The summed E-state index contributed by atoms with van der Waals surface area (Å²) in [7, 11) is 1.73. The third kappa shape index (κ3) is 3.39. The van der Waals surface area contributed by atoms with Gasteiger partial charge in [0.05, 0.1) is 23.9 Å². The van der Waals surface area contributed by atoms with Gasteiger partial charge in [-0.2, -0.15) is 5.26 Å². The van der Waals surface area contributed by atoms with Crippen molar-refractivity contribution in [2.24, 2.45) is 0 Å². The minimum Gasteiger partial charge on any atom is -0.347 e. The molecule has 1 aromatic heterocycles. The number of hydrogen-bond donors (Lipinski definition) is 1. The molecule has 0 aliphatic carbocycles. The van der Waals surface area contributed by atoms with Crippen molar-refractivity contribution in [1.82, 2.24) is 14.9 Å². The molecule has 0 saturated carbocycles. The average Bonchev–Trinajstić information content (AvgIpc) is 2.97. The number of aromatic amines is 1. The first kappa shape index (κ1) is 14.2. The molecule has 0 spiro atoms. The standard InChI is InChI=1S/C14H14N4OS/c1-18(10-13-16-7-8-17-13)14(19)11-4-2-3-5-12(11)20-9-6-15/h2-5,7-8H,9-10H2,1H3,(H,16,17). The Hall–Kier alpha value is -2.26. The number of nitrogens with zero attached hydrogens (tertiary/aromatic N) is 3. The summed E-state index contributed by atoms with van der Waals surface area (Å²) in [5.41, 5.74) is 0.613. The predicted molar refractivity (Wildman–Crippen MR) is 77.2 cm³/mol. The van der Waals surface area contributed by atoms with E-state index in [2.05, 4.69) is 16.0 Å². The van der Waals surface area contributed by atoms with E-state index in [0.29, 0.717) is 17.9 Å². The van der Waals surface area contributed by atoms with Crippen LogP contribution in [0, 0.1) is 11.3 Å². The number of imidazole rings is 1. The van der Waals surface area contributed by atoms with E-state index >= 15 is 0 Å². The van der Waals surface area contributed by atoms with E-state index in [-0.39, 0.29) is 5.91 Å². The van der Waals surface area contributed by atoms with Gasteiger partial charge >= 0.3 is 0 Å². The number of carbonyl (C=O) groups is 1. The second kappa shape index (κ2) is 6.78. The highest BCUT2D eigenvalue weighted by Gasteiger charge is 2.16. The van der Waals surface area contributed by atoms with Crippen LogP contribution in [0.4, 0.5) is 0 Å². The lowest BCUT2D eigenvalue weighted by atomic mass is 10.2. The second-order valence-electron chi connectivity index (χ2n) is 4.14. The highest BCUT2D eigenvalue weighted by atomic mass is 32.2. The molecule has 6 heteroatoms. The summed E-state index contributed by atoms with van der Waals surface area (Å²) in [5, 5.41) is 8.66. The van der Waals surface area contributed by atoms with Gasteiger partial charge in [0.25, 0.3) is 5.91 Å². The smallest absolute Gasteiger partial charge is 0.255 e. The number of aromatic nitrogens is 2. The molecule has 0 fully saturated rings. The van der Waals surface area contributed by atoms with Gasteiger partial charge in [0, 0.05) is 24.3 Å². The Morgan fingerprint density at radius 2 is 2.30 bits per heavy atom. The zero-order chi connectivity index (χ0) is 14.4. The van der Waals surface area contributed by atoms with Gasteiger partial charge in [-0.25, -0.2) is 4.98 Å². The molecule has 2 rings (SSSR count). The third-order valence-corrected chi connectivity index (χ3v) is 3.64. The molecule has 1 aromatic carbocycles. The fraction of sp³-hybridized carbons (Fsp3) is 0.214. The number of carbonyl (C=O) groups excluding carboxylic acids is 1. The van der Waals surface area contributed by atoms with Crippen LogP contribution in [0.25, 0.3) is 0 Å². The van der Waals surface area contributed by atoms with E-state index in [1.807, 2.05) is 18.2 Å². The number of nitrogens with one attached hydrogen (secondary N) is 1. The monoisotopic (exact) mass is 286 g/mol. The third-order valence-electron chi connectivity index (χ3n) is 2.70. The Morgan fingerprint density at radius 3 is 3.00 bits per heavy atom. The number of hydrogen-bond acceptors (Lipinski definition) is 4. The van der Waals surface area contributed by atoms with Gasteiger partial charge in [0.2, 0.25) is 0 Å². The van der Waals surface area contributed by atoms with Crippen molar-refractivity contribution in [3.05, 3.63) is 48.0 Å². The molecule has 1 N–H and O–H groups in total. The quantitative estimate of drug-likeness (QED) is 0.856. The SMILES string of the molecule is CN(Cc1ncc[nH]1)C(=O)c1ccccc1SCC#N. The summed E-state index contributed by atoms with van der Waals surface area (Å²) in [6.45, 7) is 0.420. The molecule has 0 radical (unpaired) electrons. The number of nitriles is 1. The fourth-order valence-corrected chi connectivity index (χ4v) is 2.47. The van der Waals surface area contributed by atoms with E-state index in [1.54, 1.807) is 30.4 Å². The van der Waals surface area contributed by atoms with Crippen LogP contribution in [0.3, 0.4) is 0 Å². The molecule has 0 unspecified atom stereocenters. The predicted octanol–water partition coefficient (Wildman–Crippen LogP) is 2.30. The maximum atomic E-state index is 12.4. The normalized spacial score (nSPS) is 10.0. The first-order valence-corrected chi connectivity index (χ1v) is 7.03. The molecular weight excluding hydrogens is 272 g/mol. The molecular formula is C14H14N4OS. The maximum Gasteiger partial charge on any atom is 0.255 e. The largest absolute Gasteiger partial charge is 0.347 e. The van der Waals surface area contributed by atoms with Gasteiger partial charge in [-0.05, 0) is 12.1 Å². The summed E-state index contributed by atoms with van der Waals surface area (Å²) in [6.07, 6.45) is 3.38. The van der Waals surface area contributed by atoms with Crippen LogP contribution in [-0.2, 0) is 6.54 Å². The van der Waals surface area contributed by atoms with Crippen molar-refractivity contribution in [3.63, 3.8) is 0 Å². The molecule has 1 amide bonds. The lowest BCUT2D eigenvalue weighted by Crippen LogP contribution is -2.27. The summed E-state index contributed by atoms with van der Waals surface area (Å²) in [5.74, 6) is 0.983. The Kier molecular flexibility index (Phi) is 4.80. The lowest BCUT2D eigenvalue weighted by Gasteiger charge is -2.17. The maximum absolute atomic E-state index is 12.4. The van der Waals surface area contributed by atoms with Crippen molar-refractivity contribution < 1.29 is 4.79 Å². The van der Waals surface area contributed by atoms with Crippen molar-refractivity contribution in [1.29, 1.82) is 5.26 Å². The van der Waals surface area contributed by atoms with Gasteiger partial charge in [-0.15, -0.1) is 11.8 Å². The number of benzene rings is 1. The molecule has 102 valence electrons. The Labute approximate surface area is 121 Å². The van der Waals surface area contributed by atoms with Crippen LogP contribution in [0.1, 0.15) is 16.2 Å². The first-order valence-electron chi connectivity index (χ1n) is 6.05. The van der Waals surface area contributed by atoms with Crippen molar-refractivity contribution in [3.8, 4) is 6.07 Å². The zero-order valence-electron chi connectivity index (χ0n) is 11.0. The molecule has 20 heavy (non-hydrogen) atoms. The van der Waals surface area contributed by atoms with Gasteiger partial charge in [0.15, 0.2) is 0 Å². The summed E-state index contributed by atoms with van der Waals surface area (Å²) < 4.78 is 0. The Morgan fingerprint density at radius 1 is 1.50 bits per heavy atom. The first-order chi connectivity index (χ1) is 9.72. The molecule has 0 saturated heterocycles. The van der Waals surface area contributed by atoms with E-state index in [1.165, 1.54) is 11.8 Å². The van der Waals surface area contributed by atoms with Crippen LogP contribution >= 0.6 is 11.8 Å². The van der Waals surface area contributed by atoms with Gasteiger partial charge in [0.1, 0.15) is 5.82 Å². The molecule has 0 aliphatic heterocycles. The summed E-state index contributed by atoms with van der Waals surface area (Å²) in [6, 6.07) is 9.39. The number of amides is 1. The summed E-state index contributed by atoms with van der Waals surface area (Å²) in [4.78, 5) is 21.9. The van der Waals surface area contributed by atoms with Gasteiger partial charge < -0.3 is 9.88 Å².